The molecule has 1 aromatic heterocycles. The number of aliphatic hydroxyl groups excluding tert-OH is 1. The lowest BCUT2D eigenvalue weighted by Crippen LogP contribution is -2.51. The number of imidazole rings is 1. The first-order valence-electron chi connectivity index (χ1n) is 10.8. The van der Waals surface area contributed by atoms with Gasteiger partial charge in [0.05, 0.1) is 44.6 Å². The van der Waals surface area contributed by atoms with Crippen molar-refractivity contribution in [3.8, 4) is 11.4 Å². The number of fused-ring (bicyclic) bond motifs is 1. The molecule has 3 aromatic rings. The summed E-state index contributed by atoms with van der Waals surface area (Å²) in [5.74, 6) is 1.09. The molecule has 1 atom stereocenters. The van der Waals surface area contributed by atoms with Crippen molar-refractivity contribution in [1.82, 2.24) is 14.6 Å². The number of nitrogens with zero attached hydrogens (tertiary/aromatic N) is 4. The molecular weight excluding hydrogens is 423 g/mol. The number of methoxy groups -OCH3 is 1. The predicted octanol–water partition coefficient (Wildman–Crippen LogP) is 3.65. The average Bonchev–Trinajstić information content (AvgIpc) is 3.44. The highest BCUT2D eigenvalue weighted by Gasteiger charge is 2.47. The van der Waals surface area contributed by atoms with Crippen LogP contribution >= 0.6 is 0 Å². The van der Waals surface area contributed by atoms with Crippen LogP contribution in [0.5, 0.6) is 5.75 Å². The third kappa shape index (κ3) is 3.71. The Hall–Kier alpha value is -3.49. The highest BCUT2D eigenvalue weighted by molar-refractivity contribution is 6.03. The molecule has 2 aliphatic heterocycles. The minimum absolute atomic E-state index is 0.203. The average molecular weight is 448 g/mol. The Balaban J connectivity index is 1.47. The Morgan fingerprint density at radius 3 is 2.76 bits per heavy atom. The van der Waals surface area contributed by atoms with E-state index in [9.17, 15) is 9.50 Å². The van der Waals surface area contributed by atoms with Gasteiger partial charge in [0, 0.05) is 12.6 Å². The molecule has 170 valence electrons. The number of aliphatic hydroxyl groups is 1. The fourth-order valence-electron chi connectivity index (χ4n) is 4.37. The highest BCUT2D eigenvalue weighted by atomic mass is 19.1. The number of hydroxylamine groups is 2. The van der Waals surface area contributed by atoms with Crippen LogP contribution < -0.4 is 4.74 Å². The third-order valence-electron chi connectivity index (χ3n) is 6.13. The molecule has 0 radical (unpaired) electrons. The van der Waals surface area contributed by atoms with Crippen molar-refractivity contribution < 1.29 is 19.1 Å². The maximum Gasteiger partial charge on any atom is 0.152 e. The van der Waals surface area contributed by atoms with Crippen LogP contribution in [0, 0.1) is 12.7 Å². The quantitative estimate of drug-likeness (QED) is 0.645. The van der Waals surface area contributed by atoms with Gasteiger partial charge in [-0.1, -0.05) is 18.2 Å². The molecule has 2 aromatic carbocycles. The van der Waals surface area contributed by atoms with Crippen LogP contribution in [0.1, 0.15) is 23.2 Å². The second-order valence-electron chi connectivity index (χ2n) is 8.24. The Kier molecular flexibility index (Phi) is 5.47. The van der Waals surface area contributed by atoms with E-state index in [0.29, 0.717) is 25.4 Å². The van der Waals surface area contributed by atoms with Crippen LogP contribution in [0.4, 0.5) is 4.39 Å². The minimum Gasteiger partial charge on any atom is -0.495 e. The first-order valence-corrected chi connectivity index (χ1v) is 10.8. The van der Waals surface area contributed by atoms with Crippen LogP contribution in [0.3, 0.4) is 0 Å². The molecular formula is C25H25FN4O3. The van der Waals surface area contributed by atoms with Gasteiger partial charge in [0.2, 0.25) is 0 Å². The maximum atomic E-state index is 13.5. The fourth-order valence-corrected chi connectivity index (χ4v) is 4.37. The summed E-state index contributed by atoms with van der Waals surface area (Å²) in [5, 5.41) is 12.0. The number of aryl methyl sites for hydroxylation is 1. The molecule has 1 fully saturated rings. The van der Waals surface area contributed by atoms with Crippen molar-refractivity contribution >= 4 is 11.9 Å². The second kappa shape index (κ2) is 8.46. The minimum atomic E-state index is -0.872. The Bertz CT molecular complexity index is 1230. The lowest BCUT2D eigenvalue weighted by Gasteiger charge is -2.40. The first-order chi connectivity index (χ1) is 16.0. The number of rotatable bonds is 5. The van der Waals surface area contributed by atoms with Crippen molar-refractivity contribution in [2.45, 2.75) is 18.9 Å². The summed E-state index contributed by atoms with van der Waals surface area (Å²) in [4.78, 5) is 15.0. The number of hydrogen-bond donors (Lipinski definition) is 1. The molecule has 0 spiro atoms. The van der Waals surface area contributed by atoms with Gasteiger partial charge in [0.1, 0.15) is 17.1 Å². The second-order valence-corrected chi connectivity index (χ2v) is 8.24. The van der Waals surface area contributed by atoms with Crippen molar-refractivity contribution in [2.75, 3.05) is 26.9 Å². The third-order valence-corrected chi connectivity index (χ3v) is 6.13. The van der Waals surface area contributed by atoms with Crippen LogP contribution in [0.25, 0.3) is 11.8 Å². The van der Waals surface area contributed by atoms with Gasteiger partial charge in [-0.25, -0.2) is 14.4 Å². The van der Waals surface area contributed by atoms with E-state index in [1.54, 1.807) is 30.6 Å². The van der Waals surface area contributed by atoms with E-state index in [4.69, 9.17) is 14.6 Å². The standard InChI is InChI=1S/C25H25FN4O3/c1-17-13-29(16-28-17)22-8-3-18(12-23(22)32-2)11-19-9-10-33-30-24(19)27-14-25(30,15-31)20-4-6-21(26)7-5-20/h3-8,11-13,16,31H,9-10,14-15H2,1-2H3/b19-11-. The smallest absolute Gasteiger partial charge is 0.152 e. The molecule has 33 heavy (non-hydrogen) atoms. The molecule has 3 heterocycles. The number of aromatic nitrogens is 2. The van der Waals surface area contributed by atoms with Gasteiger partial charge < -0.3 is 14.4 Å². The molecule has 1 unspecified atom stereocenters. The molecule has 2 aliphatic rings. The zero-order valence-corrected chi connectivity index (χ0v) is 18.5. The van der Waals surface area contributed by atoms with Gasteiger partial charge in [-0.15, -0.1) is 0 Å². The Labute approximate surface area is 191 Å². The van der Waals surface area contributed by atoms with Crippen molar-refractivity contribution in [3.05, 3.63) is 83.2 Å². The summed E-state index contributed by atoms with van der Waals surface area (Å²) in [5.41, 5.74) is 3.69. The Morgan fingerprint density at radius 2 is 2.06 bits per heavy atom. The zero-order valence-electron chi connectivity index (χ0n) is 18.5. The molecule has 0 saturated carbocycles. The van der Waals surface area contributed by atoms with Crippen molar-refractivity contribution in [3.63, 3.8) is 0 Å². The van der Waals surface area contributed by atoms with Gasteiger partial charge in [-0.2, -0.15) is 0 Å². The zero-order chi connectivity index (χ0) is 23.0. The summed E-state index contributed by atoms with van der Waals surface area (Å²) < 4.78 is 21.0. The summed E-state index contributed by atoms with van der Waals surface area (Å²) in [6.45, 7) is 2.52. The first kappa shape index (κ1) is 21.4. The predicted molar refractivity (Wildman–Crippen MR) is 123 cm³/mol. The van der Waals surface area contributed by atoms with Crippen LogP contribution in [-0.2, 0) is 10.4 Å². The van der Waals surface area contributed by atoms with Gasteiger partial charge in [0.15, 0.2) is 5.84 Å². The van der Waals surface area contributed by atoms with Crippen molar-refractivity contribution in [2.24, 2.45) is 4.99 Å². The molecule has 8 heteroatoms. The number of hydrogen-bond acceptors (Lipinski definition) is 6. The lowest BCUT2D eigenvalue weighted by atomic mass is 9.90. The molecule has 5 rings (SSSR count). The summed E-state index contributed by atoms with van der Waals surface area (Å²) in [7, 11) is 1.65. The van der Waals surface area contributed by atoms with Gasteiger partial charge in [-0.05, 0) is 54.0 Å². The van der Waals surface area contributed by atoms with E-state index in [-0.39, 0.29) is 12.4 Å². The van der Waals surface area contributed by atoms with Gasteiger partial charge >= 0.3 is 0 Å². The fraction of sp³-hybridized carbons (Fsp3) is 0.280. The molecule has 1 N–H and O–H groups in total. The van der Waals surface area contributed by atoms with Gasteiger partial charge in [0.25, 0.3) is 0 Å². The van der Waals surface area contributed by atoms with E-state index < -0.39 is 5.54 Å². The monoisotopic (exact) mass is 448 g/mol. The summed E-state index contributed by atoms with van der Waals surface area (Å²) in [6, 6.07) is 12.1. The lowest BCUT2D eigenvalue weighted by molar-refractivity contribution is -0.176. The van der Waals surface area contributed by atoms with E-state index in [0.717, 1.165) is 33.8 Å². The maximum absolute atomic E-state index is 13.5. The SMILES string of the molecule is COc1cc(/C=C2/CCON3C2=NCC3(CO)c2ccc(F)cc2)ccc1-n1cnc(C)c1. The van der Waals surface area contributed by atoms with E-state index in [1.807, 2.05) is 35.9 Å². The largest absolute Gasteiger partial charge is 0.495 e. The number of amidine groups is 1. The molecule has 0 amide bonds. The van der Waals surface area contributed by atoms with Crippen molar-refractivity contribution in [1.29, 1.82) is 0 Å². The van der Waals surface area contributed by atoms with Gasteiger partial charge in [-0.3, -0.25) is 9.83 Å². The number of ether oxygens (including phenoxy) is 1. The van der Waals surface area contributed by atoms with Crippen LogP contribution in [0.2, 0.25) is 0 Å². The van der Waals surface area contributed by atoms with Crippen LogP contribution in [-0.4, -0.2) is 52.4 Å². The number of benzene rings is 2. The molecule has 0 aliphatic carbocycles. The summed E-state index contributed by atoms with van der Waals surface area (Å²) >= 11 is 0. The van der Waals surface area contributed by atoms with E-state index in [2.05, 4.69) is 11.1 Å². The Morgan fingerprint density at radius 1 is 1.24 bits per heavy atom. The molecule has 7 nitrogen and oxygen atoms in total. The number of aliphatic imine (C=N–C) groups is 1. The summed E-state index contributed by atoms with van der Waals surface area (Å²) in [6.07, 6.45) is 6.46. The highest BCUT2D eigenvalue weighted by Crippen LogP contribution is 2.39. The number of halogens is 1. The van der Waals surface area contributed by atoms with Crippen LogP contribution in [0.15, 0.2) is 65.6 Å². The normalized spacial score (nSPS) is 21.3. The molecule has 1 saturated heterocycles. The van der Waals surface area contributed by atoms with E-state index >= 15 is 0 Å². The van der Waals surface area contributed by atoms with E-state index in [1.165, 1.54) is 12.1 Å². The molecule has 0 bridgehead atoms. The topological polar surface area (TPSA) is 72.1 Å².